The fourth-order valence-electron chi connectivity index (χ4n) is 8.88. The molecular formula is C45H40ClN5O3. The summed E-state index contributed by atoms with van der Waals surface area (Å²) in [5.41, 5.74) is 4.23. The van der Waals surface area contributed by atoms with Crippen LogP contribution in [-0.2, 0) is 10.3 Å². The van der Waals surface area contributed by atoms with Crippen LogP contribution in [0.3, 0.4) is 0 Å². The summed E-state index contributed by atoms with van der Waals surface area (Å²) in [7, 11) is 0. The van der Waals surface area contributed by atoms with Gasteiger partial charge in [0.2, 0.25) is 5.91 Å². The molecule has 54 heavy (non-hydrogen) atoms. The summed E-state index contributed by atoms with van der Waals surface area (Å²) in [6.07, 6.45) is 5.06. The molecular weight excluding hydrogens is 694 g/mol. The molecule has 2 N–H and O–H groups in total. The van der Waals surface area contributed by atoms with Crippen LogP contribution in [0.4, 0.5) is 10.6 Å². The van der Waals surface area contributed by atoms with E-state index in [0.717, 1.165) is 59.9 Å². The Labute approximate surface area is 319 Å². The number of aromatic nitrogens is 2. The van der Waals surface area contributed by atoms with Gasteiger partial charge >= 0.3 is 6.09 Å². The predicted molar refractivity (Wildman–Crippen MR) is 211 cm³/mol. The first-order valence-electron chi connectivity index (χ1n) is 18.6. The van der Waals surface area contributed by atoms with E-state index in [-0.39, 0.29) is 12.5 Å². The topological polar surface area (TPSA) is 111 Å². The zero-order valence-corrected chi connectivity index (χ0v) is 30.5. The van der Waals surface area contributed by atoms with Crippen molar-refractivity contribution in [2.75, 3.05) is 11.9 Å². The number of anilines is 1. The fraction of sp³-hybridized carbons (Fsp3) is 0.244. The maximum absolute atomic E-state index is 14.4. The number of nitriles is 1. The van der Waals surface area contributed by atoms with Crippen LogP contribution in [0.1, 0.15) is 67.2 Å². The number of nitrogens with one attached hydrogen (secondary N) is 1. The van der Waals surface area contributed by atoms with Crippen LogP contribution in [0.25, 0.3) is 22.0 Å². The van der Waals surface area contributed by atoms with E-state index in [2.05, 4.69) is 47.8 Å². The number of hydrogen-bond acceptors (Lipinski definition) is 4. The quantitative estimate of drug-likeness (QED) is 0.159. The van der Waals surface area contributed by atoms with Crippen LogP contribution in [0.15, 0.2) is 127 Å². The number of halogens is 1. The summed E-state index contributed by atoms with van der Waals surface area (Å²) in [5, 5.41) is 29.7. The Morgan fingerprint density at radius 1 is 0.815 bits per heavy atom. The maximum atomic E-state index is 14.4. The molecule has 270 valence electrons. The summed E-state index contributed by atoms with van der Waals surface area (Å²) < 4.78 is 2.00. The molecule has 1 saturated heterocycles. The molecule has 2 aliphatic rings. The van der Waals surface area contributed by atoms with Gasteiger partial charge in [0.15, 0.2) is 5.82 Å². The Bertz CT molecular complexity index is 2270. The summed E-state index contributed by atoms with van der Waals surface area (Å²) in [6, 6.07) is 43.9. The largest absolute Gasteiger partial charge is 0.465 e. The van der Waals surface area contributed by atoms with E-state index < -0.39 is 23.1 Å². The van der Waals surface area contributed by atoms with E-state index in [0.29, 0.717) is 40.2 Å². The van der Waals surface area contributed by atoms with Crippen molar-refractivity contribution in [2.24, 2.45) is 5.92 Å². The number of piperidine rings is 1. The number of hydrogen-bond donors (Lipinski definition) is 2. The number of rotatable bonds is 7. The van der Waals surface area contributed by atoms with Crippen molar-refractivity contribution in [1.29, 1.82) is 5.26 Å². The molecule has 0 radical (unpaired) electrons. The molecule has 8 rings (SSSR count). The molecule has 2 fully saturated rings. The van der Waals surface area contributed by atoms with Gasteiger partial charge < -0.3 is 15.3 Å². The molecule has 1 spiro atoms. The first-order chi connectivity index (χ1) is 26.3. The highest BCUT2D eigenvalue weighted by Crippen LogP contribution is 2.46. The van der Waals surface area contributed by atoms with Gasteiger partial charge in [-0.3, -0.25) is 4.79 Å². The Balaban J connectivity index is 1.32. The summed E-state index contributed by atoms with van der Waals surface area (Å²) in [4.78, 5) is 28.6. The zero-order valence-electron chi connectivity index (χ0n) is 29.8. The molecule has 8 nitrogen and oxygen atoms in total. The third-order valence-corrected chi connectivity index (χ3v) is 11.9. The number of carbonyl (C=O) groups is 2. The van der Waals surface area contributed by atoms with Crippen molar-refractivity contribution < 1.29 is 14.7 Å². The lowest BCUT2D eigenvalue weighted by Gasteiger charge is -2.50. The van der Waals surface area contributed by atoms with Gasteiger partial charge in [-0.25, -0.2) is 9.48 Å². The Morgan fingerprint density at radius 3 is 2.00 bits per heavy atom. The van der Waals surface area contributed by atoms with Crippen LogP contribution in [0.2, 0.25) is 5.02 Å². The van der Waals surface area contributed by atoms with Gasteiger partial charge in [-0.15, -0.1) is 0 Å². The maximum Gasteiger partial charge on any atom is 0.407 e. The highest BCUT2D eigenvalue weighted by molar-refractivity contribution is 6.33. The Hall–Kier alpha value is -5.91. The minimum Gasteiger partial charge on any atom is -0.465 e. The van der Waals surface area contributed by atoms with E-state index in [1.807, 2.05) is 77.5 Å². The molecule has 1 saturated carbocycles. The molecule has 9 heteroatoms. The molecule has 1 atom stereocenters. The third kappa shape index (κ3) is 6.09. The lowest BCUT2D eigenvalue weighted by molar-refractivity contribution is -0.123. The molecule has 1 aromatic heterocycles. The van der Waals surface area contributed by atoms with Crippen molar-refractivity contribution in [3.05, 3.63) is 155 Å². The highest BCUT2D eigenvalue weighted by Gasteiger charge is 2.47. The molecule has 2 amide bonds. The van der Waals surface area contributed by atoms with Crippen LogP contribution >= 0.6 is 11.6 Å². The Kier molecular flexibility index (Phi) is 9.43. The molecule has 6 aromatic rings. The fourth-order valence-corrected chi connectivity index (χ4v) is 9.11. The molecule has 1 aliphatic carbocycles. The van der Waals surface area contributed by atoms with Gasteiger partial charge in [-0.1, -0.05) is 128 Å². The van der Waals surface area contributed by atoms with E-state index >= 15 is 0 Å². The number of likely N-dealkylation sites (tertiary alicyclic amines) is 1. The average molecular weight is 734 g/mol. The number of fused-ring (bicyclic) bond motifs is 1. The summed E-state index contributed by atoms with van der Waals surface area (Å²) in [5.74, 6) is -0.449. The number of amides is 2. The van der Waals surface area contributed by atoms with Gasteiger partial charge in [0.25, 0.3) is 0 Å². The van der Waals surface area contributed by atoms with E-state index in [1.165, 1.54) is 0 Å². The van der Waals surface area contributed by atoms with Crippen molar-refractivity contribution in [3.8, 4) is 17.2 Å². The van der Waals surface area contributed by atoms with Crippen LogP contribution < -0.4 is 5.32 Å². The van der Waals surface area contributed by atoms with E-state index in [9.17, 15) is 20.0 Å². The second-order valence-electron chi connectivity index (χ2n) is 14.5. The van der Waals surface area contributed by atoms with E-state index in [1.54, 1.807) is 23.1 Å². The first-order valence-corrected chi connectivity index (χ1v) is 18.9. The standard InChI is InChI=1S/C45H40ClN5O3/c46-39-21-19-31(29-47)27-37(39)32-20-22-40-38(28-32)41(48-42(52)33-23-26-44(24-11-4-12-25-44)50(30-33)43(53)54)49-51(40)45(34-13-5-1-6-14-34,35-15-7-2-8-16-35)36-17-9-3-10-18-36/h1-3,5-10,13-22,27-28,33H,4,11-12,23-26,30H2,(H,53,54)(H,48,49,52). The summed E-state index contributed by atoms with van der Waals surface area (Å²) >= 11 is 6.73. The van der Waals surface area contributed by atoms with Crippen molar-refractivity contribution in [3.63, 3.8) is 0 Å². The van der Waals surface area contributed by atoms with Gasteiger partial charge in [-0.2, -0.15) is 10.4 Å². The second-order valence-corrected chi connectivity index (χ2v) is 14.9. The number of benzene rings is 5. The highest BCUT2D eigenvalue weighted by atomic mass is 35.5. The summed E-state index contributed by atoms with van der Waals surface area (Å²) in [6.45, 7) is 0.142. The Morgan fingerprint density at radius 2 is 1.43 bits per heavy atom. The zero-order chi connectivity index (χ0) is 37.3. The van der Waals surface area contributed by atoms with Gasteiger partial charge in [0.1, 0.15) is 5.54 Å². The normalized spacial score (nSPS) is 16.9. The first kappa shape index (κ1) is 35.1. The van der Waals surface area contributed by atoms with Gasteiger partial charge in [0.05, 0.1) is 23.1 Å². The molecule has 2 heterocycles. The van der Waals surface area contributed by atoms with Crippen molar-refractivity contribution in [1.82, 2.24) is 14.7 Å². The SMILES string of the molecule is N#Cc1ccc(Cl)c(-c2ccc3c(c2)c(NC(=O)C2CCC4(CCCCC4)N(C(=O)O)C2)nn3C(c2ccccc2)(c2ccccc2)c2ccccc2)c1. The van der Waals surface area contributed by atoms with Crippen LogP contribution in [-0.4, -0.2) is 43.9 Å². The number of carbonyl (C=O) groups excluding carboxylic acids is 1. The lowest BCUT2D eigenvalue weighted by Crippen LogP contribution is -2.58. The minimum atomic E-state index is -0.969. The monoisotopic (exact) mass is 733 g/mol. The molecule has 0 bridgehead atoms. The van der Waals surface area contributed by atoms with Crippen LogP contribution in [0, 0.1) is 17.2 Å². The van der Waals surface area contributed by atoms with Gasteiger partial charge in [-0.05, 0) is 78.3 Å². The third-order valence-electron chi connectivity index (χ3n) is 11.5. The average Bonchev–Trinajstić information content (AvgIpc) is 3.57. The molecule has 1 aliphatic heterocycles. The molecule has 1 unspecified atom stereocenters. The smallest absolute Gasteiger partial charge is 0.407 e. The van der Waals surface area contributed by atoms with Gasteiger partial charge in [0, 0.05) is 28.1 Å². The van der Waals surface area contributed by atoms with Crippen molar-refractivity contribution in [2.45, 2.75) is 56.0 Å². The molecule has 5 aromatic carbocycles. The predicted octanol–water partition coefficient (Wildman–Crippen LogP) is 10.1. The van der Waals surface area contributed by atoms with Crippen LogP contribution in [0.5, 0.6) is 0 Å². The number of nitrogens with zero attached hydrogens (tertiary/aromatic N) is 4. The lowest BCUT2D eigenvalue weighted by atomic mass is 9.73. The minimum absolute atomic E-state index is 0.142. The number of carboxylic acid groups (broad SMARTS) is 1. The second kappa shape index (κ2) is 14.5. The van der Waals surface area contributed by atoms with Crippen molar-refractivity contribution >= 4 is 40.3 Å². The van der Waals surface area contributed by atoms with E-state index in [4.69, 9.17) is 16.7 Å².